The summed E-state index contributed by atoms with van der Waals surface area (Å²) in [7, 11) is 0. The molecule has 1 aromatic heterocycles. The molecule has 21 heavy (non-hydrogen) atoms. The first-order valence-electron chi connectivity index (χ1n) is 6.85. The molecule has 0 amide bonds. The van der Waals surface area contributed by atoms with Crippen molar-refractivity contribution in [1.82, 2.24) is 9.55 Å². The Balaban J connectivity index is 1.92. The van der Waals surface area contributed by atoms with Gasteiger partial charge in [0.05, 0.1) is 11.3 Å². The van der Waals surface area contributed by atoms with Crippen LogP contribution in [0.25, 0.3) is 0 Å². The van der Waals surface area contributed by atoms with Gasteiger partial charge in [-0.3, -0.25) is 0 Å². The lowest BCUT2D eigenvalue weighted by Crippen LogP contribution is -2.09. The number of benzene rings is 1. The average Bonchev–Trinajstić information content (AvgIpc) is 3.15. The summed E-state index contributed by atoms with van der Waals surface area (Å²) in [6.07, 6.45) is -0.235. The van der Waals surface area contributed by atoms with E-state index in [0.717, 1.165) is 24.6 Å². The lowest BCUT2D eigenvalue weighted by Gasteiger charge is -2.13. The van der Waals surface area contributed by atoms with Gasteiger partial charge in [0, 0.05) is 17.9 Å². The number of nitrogens with one attached hydrogen (secondary N) is 1. The number of anilines is 2. The number of nitrogens with zero attached hydrogens (tertiary/aromatic N) is 2. The number of aromatic nitrogens is 2. The summed E-state index contributed by atoms with van der Waals surface area (Å²) in [4.78, 5) is 4.35. The van der Waals surface area contributed by atoms with Crippen molar-refractivity contribution in [1.29, 1.82) is 0 Å². The summed E-state index contributed by atoms with van der Waals surface area (Å²) in [5.41, 5.74) is 0.858. The Bertz CT molecular complexity index is 669. The van der Waals surface area contributed by atoms with Crippen LogP contribution in [0.15, 0.2) is 24.4 Å². The Kier molecular flexibility index (Phi) is 3.19. The van der Waals surface area contributed by atoms with Gasteiger partial charge in [-0.2, -0.15) is 13.2 Å². The van der Waals surface area contributed by atoms with E-state index in [1.165, 1.54) is 13.0 Å². The largest absolute Gasteiger partial charge is 0.416 e. The molecule has 0 aliphatic heterocycles. The van der Waals surface area contributed by atoms with Crippen molar-refractivity contribution < 1.29 is 13.2 Å². The predicted octanol–water partition coefficient (Wildman–Crippen LogP) is 4.60. The third kappa shape index (κ3) is 2.89. The van der Waals surface area contributed by atoms with Crippen molar-refractivity contribution >= 4 is 11.6 Å². The van der Waals surface area contributed by atoms with E-state index in [1.54, 1.807) is 6.07 Å². The molecular weight excluding hydrogens is 279 g/mol. The van der Waals surface area contributed by atoms with Crippen molar-refractivity contribution in [3.63, 3.8) is 0 Å². The molecule has 112 valence electrons. The molecule has 0 radical (unpaired) electrons. The quantitative estimate of drug-likeness (QED) is 0.897. The molecule has 1 saturated carbocycles. The SMILES string of the molecule is Cc1cn(C2CC2)c(Nc2ccc(C)c(C(F)(F)F)c2)n1. The summed E-state index contributed by atoms with van der Waals surface area (Å²) in [5, 5.41) is 3.01. The van der Waals surface area contributed by atoms with Crippen molar-refractivity contribution in [2.45, 2.75) is 38.9 Å². The zero-order valence-corrected chi connectivity index (χ0v) is 11.8. The van der Waals surface area contributed by atoms with Crippen LogP contribution in [0.3, 0.4) is 0 Å². The molecule has 1 aromatic carbocycles. The van der Waals surface area contributed by atoms with E-state index in [1.807, 2.05) is 17.7 Å². The Morgan fingerprint density at radius 2 is 1.95 bits per heavy atom. The third-order valence-electron chi connectivity index (χ3n) is 3.59. The highest BCUT2D eigenvalue weighted by Crippen LogP contribution is 2.38. The Hall–Kier alpha value is -1.98. The predicted molar refractivity (Wildman–Crippen MR) is 74.7 cm³/mol. The minimum absolute atomic E-state index is 0.217. The first-order chi connectivity index (χ1) is 9.84. The minimum atomic E-state index is -4.34. The summed E-state index contributed by atoms with van der Waals surface area (Å²) < 4.78 is 40.8. The zero-order valence-electron chi connectivity index (χ0n) is 11.8. The number of rotatable bonds is 3. The number of hydrogen-bond donors (Lipinski definition) is 1. The topological polar surface area (TPSA) is 29.9 Å². The summed E-state index contributed by atoms with van der Waals surface area (Å²) in [6, 6.07) is 4.67. The van der Waals surface area contributed by atoms with Crippen LogP contribution in [0.4, 0.5) is 24.8 Å². The van der Waals surface area contributed by atoms with Crippen LogP contribution in [0, 0.1) is 13.8 Å². The Labute approximate surface area is 120 Å². The van der Waals surface area contributed by atoms with Gasteiger partial charge in [0.1, 0.15) is 0 Å². The molecule has 1 fully saturated rings. The fourth-order valence-corrected chi connectivity index (χ4v) is 2.37. The molecule has 1 N–H and O–H groups in total. The van der Waals surface area contributed by atoms with Crippen LogP contribution < -0.4 is 5.32 Å². The van der Waals surface area contributed by atoms with Crippen LogP contribution in [-0.4, -0.2) is 9.55 Å². The van der Waals surface area contributed by atoms with Crippen molar-refractivity contribution in [2.24, 2.45) is 0 Å². The highest BCUT2D eigenvalue weighted by Gasteiger charge is 2.32. The number of hydrogen-bond acceptors (Lipinski definition) is 2. The first kappa shape index (κ1) is 14.0. The molecule has 2 aromatic rings. The van der Waals surface area contributed by atoms with Gasteiger partial charge >= 0.3 is 6.18 Å². The summed E-state index contributed by atoms with van der Waals surface area (Å²) >= 11 is 0. The van der Waals surface area contributed by atoms with E-state index in [9.17, 15) is 13.2 Å². The lowest BCUT2D eigenvalue weighted by molar-refractivity contribution is -0.138. The van der Waals surface area contributed by atoms with Gasteiger partial charge in [0.15, 0.2) is 0 Å². The number of halogens is 3. The molecule has 1 aliphatic rings. The molecule has 1 heterocycles. The molecule has 3 nitrogen and oxygen atoms in total. The molecule has 0 spiro atoms. The van der Waals surface area contributed by atoms with Gasteiger partial charge in [0.25, 0.3) is 0 Å². The maximum atomic E-state index is 12.9. The van der Waals surface area contributed by atoms with E-state index < -0.39 is 11.7 Å². The van der Waals surface area contributed by atoms with Crippen LogP contribution in [0.5, 0.6) is 0 Å². The van der Waals surface area contributed by atoms with Crippen molar-refractivity contribution in [2.75, 3.05) is 5.32 Å². The van der Waals surface area contributed by atoms with Gasteiger partial charge in [-0.25, -0.2) is 4.98 Å². The van der Waals surface area contributed by atoms with E-state index >= 15 is 0 Å². The van der Waals surface area contributed by atoms with Gasteiger partial charge in [-0.15, -0.1) is 0 Å². The van der Waals surface area contributed by atoms with E-state index in [4.69, 9.17) is 0 Å². The van der Waals surface area contributed by atoms with Crippen LogP contribution in [0.2, 0.25) is 0 Å². The van der Waals surface area contributed by atoms with Crippen molar-refractivity contribution in [3.8, 4) is 0 Å². The van der Waals surface area contributed by atoms with Crippen molar-refractivity contribution in [3.05, 3.63) is 41.2 Å². The first-order valence-corrected chi connectivity index (χ1v) is 6.85. The monoisotopic (exact) mass is 295 g/mol. The molecular formula is C15H16F3N3. The van der Waals surface area contributed by atoms with E-state index in [-0.39, 0.29) is 5.56 Å². The average molecular weight is 295 g/mol. The number of alkyl halides is 3. The normalized spacial score (nSPS) is 15.3. The van der Waals surface area contributed by atoms with Gasteiger partial charge < -0.3 is 9.88 Å². The minimum Gasteiger partial charge on any atom is -0.326 e. The highest BCUT2D eigenvalue weighted by atomic mass is 19.4. The van der Waals surface area contributed by atoms with Gasteiger partial charge in [0.2, 0.25) is 5.95 Å². The molecule has 0 saturated heterocycles. The lowest BCUT2D eigenvalue weighted by atomic mass is 10.1. The molecule has 6 heteroatoms. The second kappa shape index (κ2) is 4.79. The molecule has 1 aliphatic carbocycles. The second-order valence-electron chi connectivity index (χ2n) is 5.50. The summed E-state index contributed by atoms with van der Waals surface area (Å²) in [6.45, 7) is 3.34. The van der Waals surface area contributed by atoms with Gasteiger partial charge in [-0.05, 0) is 44.4 Å². The molecule has 3 rings (SSSR count). The second-order valence-corrected chi connectivity index (χ2v) is 5.50. The smallest absolute Gasteiger partial charge is 0.326 e. The van der Waals surface area contributed by atoms with Crippen LogP contribution in [0.1, 0.15) is 35.7 Å². The summed E-state index contributed by atoms with van der Waals surface area (Å²) in [5.74, 6) is 0.604. The molecule has 0 unspecified atom stereocenters. The third-order valence-corrected chi connectivity index (χ3v) is 3.59. The maximum Gasteiger partial charge on any atom is 0.416 e. The van der Waals surface area contributed by atoms with Gasteiger partial charge in [-0.1, -0.05) is 6.07 Å². The van der Waals surface area contributed by atoms with E-state index in [0.29, 0.717) is 17.7 Å². The van der Waals surface area contributed by atoms with Crippen LogP contribution >= 0.6 is 0 Å². The highest BCUT2D eigenvalue weighted by molar-refractivity contribution is 5.57. The Morgan fingerprint density at radius 1 is 1.24 bits per heavy atom. The number of imidazole rings is 1. The standard InChI is InChI=1S/C15H16F3N3/c1-9-3-4-11(7-13(9)15(16,17)18)20-14-19-10(2)8-21(14)12-5-6-12/h3-4,7-8,12H,5-6H2,1-2H3,(H,19,20). The van der Waals surface area contributed by atoms with E-state index in [2.05, 4.69) is 10.3 Å². The Morgan fingerprint density at radius 3 is 2.57 bits per heavy atom. The zero-order chi connectivity index (χ0) is 15.2. The fraction of sp³-hybridized carbons (Fsp3) is 0.400. The maximum absolute atomic E-state index is 12.9. The molecule has 0 atom stereocenters. The fourth-order valence-electron chi connectivity index (χ4n) is 2.37. The number of aryl methyl sites for hydroxylation is 2. The van der Waals surface area contributed by atoms with Crippen LogP contribution in [-0.2, 0) is 6.18 Å². The molecule has 0 bridgehead atoms.